The third-order valence-electron chi connectivity index (χ3n) is 3.98. The van der Waals surface area contributed by atoms with Gasteiger partial charge in [-0.1, -0.05) is 19.4 Å². The summed E-state index contributed by atoms with van der Waals surface area (Å²) < 4.78 is 5.82. The van der Waals surface area contributed by atoms with Crippen molar-refractivity contribution in [1.82, 2.24) is 4.98 Å². The average molecular weight is 270 g/mol. The van der Waals surface area contributed by atoms with E-state index in [4.69, 9.17) is 4.74 Å². The second-order valence-electron chi connectivity index (χ2n) is 5.52. The van der Waals surface area contributed by atoms with Crippen molar-refractivity contribution in [1.29, 1.82) is 0 Å². The predicted octanol–water partition coefficient (Wildman–Crippen LogP) is 3.99. The van der Waals surface area contributed by atoms with Gasteiger partial charge in [0.25, 0.3) is 0 Å². The van der Waals surface area contributed by atoms with Crippen LogP contribution in [0, 0.1) is 0 Å². The van der Waals surface area contributed by atoms with Gasteiger partial charge in [-0.25, -0.2) is 0 Å². The van der Waals surface area contributed by atoms with Crippen LogP contribution >= 0.6 is 0 Å². The molecule has 1 N–H and O–H groups in total. The van der Waals surface area contributed by atoms with E-state index in [2.05, 4.69) is 41.5 Å². The molecule has 1 aromatic carbocycles. The molecule has 1 aliphatic rings. The maximum Gasteiger partial charge on any atom is 0.0722 e. The molecule has 2 aromatic rings. The standard InChI is InChI=1S/C17H22N2O/c1-2-5-14-12-13(9-11-20-14)19-17-8-3-7-16-15(17)6-4-10-18-16/h3-4,6-8,10,13-14,19H,2,5,9,11-12H2,1H3. The molecule has 20 heavy (non-hydrogen) atoms. The summed E-state index contributed by atoms with van der Waals surface area (Å²) in [5.74, 6) is 0. The number of hydrogen-bond acceptors (Lipinski definition) is 3. The molecule has 3 rings (SSSR count). The van der Waals surface area contributed by atoms with Gasteiger partial charge >= 0.3 is 0 Å². The molecule has 0 amide bonds. The molecule has 3 heteroatoms. The second-order valence-corrected chi connectivity index (χ2v) is 5.52. The summed E-state index contributed by atoms with van der Waals surface area (Å²) in [5.41, 5.74) is 2.24. The van der Waals surface area contributed by atoms with Gasteiger partial charge in [0, 0.05) is 29.9 Å². The van der Waals surface area contributed by atoms with Crippen LogP contribution < -0.4 is 5.32 Å². The lowest BCUT2D eigenvalue weighted by atomic mass is 9.99. The van der Waals surface area contributed by atoms with Crippen LogP contribution in [0.2, 0.25) is 0 Å². The molecule has 0 aliphatic carbocycles. The summed E-state index contributed by atoms with van der Waals surface area (Å²) in [5, 5.41) is 4.89. The fraction of sp³-hybridized carbons (Fsp3) is 0.471. The Bertz CT molecular complexity index is 562. The molecular weight excluding hydrogens is 248 g/mol. The number of ether oxygens (including phenoxy) is 1. The number of rotatable bonds is 4. The molecule has 1 fully saturated rings. The third kappa shape index (κ3) is 2.93. The first kappa shape index (κ1) is 13.4. The number of anilines is 1. The Morgan fingerprint density at radius 3 is 3.15 bits per heavy atom. The van der Waals surface area contributed by atoms with Crippen molar-refractivity contribution < 1.29 is 4.74 Å². The highest BCUT2D eigenvalue weighted by Gasteiger charge is 2.22. The number of hydrogen-bond donors (Lipinski definition) is 1. The molecule has 2 heterocycles. The highest BCUT2D eigenvalue weighted by molar-refractivity contribution is 5.91. The number of fused-ring (bicyclic) bond motifs is 1. The molecule has 2 unspecified atom stereocenters. The van der Waals surface area contributed by atoms with E-state index in [1.807, 2.05) is 12.3 Å². The fourth-order valence-corrected chi connectivity index (χ4v) is 2.98. The fourth-order valence-electron chi connectivity index (χ4n) is 2.98. The average Bonchev–Trinajstić information content (AvgIpc) is 2.48. The van der Waals surface area contributed by atoms with Crippen LogP contribution in [-0.2, 0) is 4.74 Å². The second kappa shape index (κ2) is 6.23. The molecule has 0 bridgehead atoms. The summed E-state index contributed by atoms with van der Waals surface area (Å²) in [6.45, 7) is 3.09. The van der Waals surface area contributed by atoms with Crippen molar-refractivity contribution in [2.75, 3.05) is 11.9 Å². The SMILES string of the molecule is CCCC1CC(Nc2cccc3ncccc23)CCO1. The Hall–Kier alpha value is -1.61. The largest absolute Gasteiger partial charge is 0.382 e. The summed E-state index contributed by atoms with van der Waals surface area (Å²) in [6.07, 6.45) is 6.80. The number of nitrogens with zero attached hydrogens (tertiary/aromatic N) is 1. The molecular formula is C17H22N2O. The molecule has 1 saturated heterocycles. The number of nitrogens with one attached hydrogen (secondary N) is 1. The summed E-state index contributed by atoms with van der Waals surface area (Å²) in [4.78, 5) is 4.41. The lowest BCUT2D eigenvalue weighted by Gasteiger charge is -2.31. The lowest BCUT2D eigenvalue weighted by molar-refractivity contribution is 0.00599. The van der Waals surface area contributed by atoms with Crippen LogP contribution in [0.1, 0.15) is 32.6 Å². The Morgan fingerprint density at radius 2 is 2.25 bits per heavy atom. The molecule has 0 spiro atoms. The minimum absolute atomic E-state index is 0.416. The van der Waals surface area contributed by atoms with Crippen LogP contribution in [0.15, 0.2) is 36.5 Å². The molecule has 2 atom stereocenters. The summed E-state index contributed by atoms with van der Waals surface area (Å²) >= 11 is 0. The van der Waals surface area contributed by atoms with Gasteiger partial charge in [0.2, 0.25) is 0 Å². The lowest BCUT2D eigenvalue weighted by Crippen LogP contribution is -2.34. The monoisotopic (exact) mass is 270 g/mol. The van der Waals surface area contributed by atoms with Gasteiger partial charge in [0.05, 0.1) is 11.6 Å². The van der Waals surface area contributed by atoms with Crippen molar-refractivity contribution in [3.05, 3.63) is 36.5 Å². The first-order valence-corrected chi connectivity index (χ1v) is 7.58. The van der Waals surface area contributed by atoms with Crippen molar-refractivity contribution in [2.45, 2.75) is 44.8 Å². The Balaban J connectivity index is 1.76. The van der Waals surface area contributed by atoms with Crippen LogP contribution in [0.5, 0.6) is 0 Å². The van der Waals surface area contributed by atoms with E-state index in [9.17, 15) is 0 Å². The maximum atomic E-state index is 5.82. The minimum Gasteiger partial charge on any atom is -0.382 e. The Kier molecular flexibility index (Phi) is 4.16. The minimum atomic E-state index is 0.416. The van der Waals surface area contributed by atoms with Gasteiger partial charge in [-0.15, -0.1) is 0 Å². The zero-order valence-corrected chi connectivity index (χ0v) is 12.0. The van der Waals surface area contributed by atoms with E-state index in [1.165, 1.54) is 17.5 Å². The van der Waals surface area contributed by atoms with Crippen molar-refractivity contribution in [3.63, 3.8) is 0 Å². The van der Waals surface area contributed by atoms with E-state index >= 15 is 0 Å². The van der Waals surface area contributed by atoms with Gasteiger partial charge in [-0.2, -0.15) is 0 Å². The molecule has 106 valence electrons. The van der Waals surface area contributed by atoms with Crippen molar-refractivity contribution >= 4 is 16.6 Å². The van der Waals surface area contributed by atoms with Crippen LogP contribution in [0.4, 0.5) is 5.69 Å². The van der Waals surface area contributed by atoms with Gasteiger partial charge < -0.3 is 10.1 Å². The quantitative estimate of drug-likeness (QED) is 0.912. The zero-order valence-electron chi connectivity index (χ0n) is 12.0. The zero-order chi connectivity index (χ0) is 13.8. The molecule has 0 saturated carbocycles. The first-order chi connectivity index (χ1) is 9.86. The van der Waals surface area contributed by atoms with Crippen molar-refractivity contribution in [2.24, 2.45) is 0 Å². The topological polar surface area (TPSA) is 34.2 Å². The van der Waals surface area contributed by atoms with Gasteiger partial charge in [0.1, 0.15) is 0 Å². The van der Waals surface area contributed by atoms with Crippen LogP contribution in [0.3, 0.4) is 0 Å². The maximum absolute atomic E-state index is 5.82. The van der Waals surface area contributed by atoms with E-state index < -0.39 is 0 Å². The van der Waals surface area contributed by atoms with Crippen LogP contribution in [-0.4, -0.2) is 23.7 Å². The Morgan fingerprint density at radius 1 is 1.30 bits per heavy atom. The third-order valence-corrected chi connectivity index (χ3v) is 3.98. The first-order valence-electron chi connectivity index (χ1n) is 7.58. The van der Waals surface area contributed by atoms with Crippen LogP contribution in [0.25, 0.3) is 10.9 Å². The summed E-state index contributed by atoms with van der Waals surface area (Å²) in [7, 11) is 0. The van der Waals surface area contributed by atoms with Gasteiger partial charge in [-0.05, 0) is 43.5 Å². The van der Waals surface area contributed by atoms with Crippen molar-refractivity contribution in [3.8, 4) is 0 Å². The van der Waals surface area contributed by atoms with E-state index in [0.717, 1.165) is 31.4 Å². The van der Waals surface area contributed by atoms with E-state index in [-0.39, 0.29) is 0 Å². The van der Waals surface area contributed by atoms with E-state index in [1.54, 1.807) is 0 Å². The van der Waals surface area contributed by atoms with Gasteiger partial charge in [-0.3, -0.25) is 4.98 Å². The molecule has 1 aromatic heterocycles. The molecule has 3 nitrogen and oxygen atoms in total. The Labute approximate surface area is 120 Å². The number of benzene rings is 1. The number of aromatic nitrogens is 1. The van der Waals surface area contributed by atoms with E-state index in [0.29, 0.717) is 12.1 Å². The predicted molar refractivity (Wildman–Crippen MR) is 83.0 cm³/mol. The normalized spacial score (nSPS) is 22.9. The smallest absolute Gasteiger partial charge is 0.0722 e. The molecule has 0 radical (unpaired) electrons. The highest BCUT2D eigenvalue weighted by Crippen LogP contribution is 2.26. The summed E-state index contributed by atoms with van der Waals surface area (Å²) in [6, 6.07) is 10.9. The van der Waals surface area contributed by atoms with Gasteiger partial charge in [0.15, 0.2) is 0 Å². The molecule has 1 aliphatic heterocycles. The number of pyridine rings is 1. The highest BCUT2D eigenvalue weighted by atomic mass is 16.5.